The number of aryl methyl sites for hydroxylation is 2. The zero-order chi connectivity index (χ0) is 21.4. The Morgan fingerprint density at radius 1 is 1.03 bits per heavy atom. The fourth-order valence-corrected chi connectivity index (χ4v) is 3.64. The summed E-state index contributed by atoms with van der Waals surface area (Å²) < 4.78 is 13.3. The first kappa shape index (κ1) is 19.5. The topological polar surface area (TPSA) is 70.5 Å². The van der Waals surface area contributed by atoms with Crippen LogP contribution in [0.15, 0.2) is 72.4 Å². The van der Waals surface area contributed by atoms with Gasteiger partial charge in [-0.25, -0.2) is 4.39 Å². The third-order valence-electron chi connectivity index (χ3n) is 5.15. The van der Waals surface area contributed by atoms with Crippen LogP contribution in [0.1, 0.15) is 28.4 Å². The number of pyridine rings is 1. The van der Waals surface area contributed by atoms with Crippen LogP contribution in [0.4, 0.5) is 10.1 Å². The zero-order valence-corrected chi connectivity index (χ0v) is 16.5. The molecular formula is C24H19FN2O3. The van der Waals surface area contributed by atoms with E-state index in [4.69, 9.17) is 0 Å². The Morgan fingerprint density at radius 3 is 2.43 bits per heavy atom. The van der Waals surface area contributed by atoms with Gasteiger partial charge in [0.05, 0.1) is 11.3 Å². The molecule has 3 aromatic rings. The second-order valence-electron chi connectivity index (χ2n) is 7.22. The van der Waals surface area contributed by atoms with Gasteiger partial charge in [-0.1, -0.05) is 18.2 Å². The molecule has 0 aliphatic carbocycles. The van der Waals surface area contributed by atoms with Crippen molar-refractivity contribution in [2.45, 2.75) is 19.9 Å². The smallest absolute Gasteiger partial charge is 0.300 e. The van der Waals surface area contributed by atoms with Gasteiger partial charge in [0.15, 0.2) is 0 Å². The minimum absolute atomic E-state index is 0.0776. The number of aliphatic hydroxyl groups is 1. The molecule has 30 heavy (non-hydrogen) atoms. The van der Waals surface area contributed by atoms with Crippen LogP contribution in [0.5, 0.6) is 0 Å². The number of nitrogens with zero attached hydrogens (tertiary/aromatic N) is 2. The van der Waals surface area contributed by atoms with Gasteiger partial charge in [-0.15, -0.1) is 0 Å². The van der Waals surface area contributed by atoms with Gasteiger partial charge in [-0.05, 0) is 67.4 Å². The number of aromatic nitrogens is 1. The number of carbonyl (C=O) groups excluding carboxylic acids is 2. The maximum absolute atomic E-state index is 13.3. The lowest BCUT2D eigenvalue weighted by Crippen LogP contribution is -2.30. The van der Waals surface area contributed by atoms with E-state index in [1.54, 1.807) is 24.4 Å². The fourth-order valence-electron chi connectivity index (χ4n) is 3.64. The van der Waals surface area contributed by atoms with Crippen LogP contribution in [0.25, 0.3) is 5.76 Å². The zero-order valence-electron chi connectivity index (χ0n) is 16.5. The number of rotatable bonds is 3. The van der Waals surface area contributed by atoms with E-state index in [1.807, 2.05) is 32.0 Å². The van der Waals surface area contributed by atoms with Crippen LogP contribution in [0.2, 0.25) is 0 Å². The Balaban J connectivity index is 1.97. The predicted octanol–water partition coefficient (Wildman–Crippen LogP) is 4.46. The number of Topliss-reactive ketones (excluding diaryl/α,β-unsaturated/α-hetero) is 1. The van der Waals surface area contributed by atoms with Gasteiger partial charge in [-0.2, -0.15) is 0 Å². The van der Waals surface area contributed by atoms with E-state index in [0.29, 0.717) is 11.4 Å². The van der Waals surface area contributed by atoms with E-state index in [9.17, 15) is 19.1 Å². The molecule has 4 rings (SSSR count). The van der Waals surface area contributed by atoms with E-state index in [0.717, 1.165) is 11.1 Å². The highest BCUT2D eigenvalue weighted by atomic mass is 19.1. The van der Waals surface area contributed by atoms with Crippen LogP contribution in [-0.2, 0) is 9.59 Å². The minimum atomic E-state index is -0.906. The van der Waals surface area contributed by atoms with E-state index >= 15 is 0 Å². The number of ketones is 1. The van der Waals surface area contributed by atoms with E-state index in [1.165, 1.54) is 29.2 Å². The van der Waals surface area contributed by atoms with Crippen LogP contribution in [0.3, 0.4) is 0 Å². The standard InChI is InChI=1S/C24H19FN2O3/c1-14-6-7-15(2)19(13-14)27-21(18-5-3-4-12-26-18)20(23(29)24(27)30)22(28)16-8-10-17(25)11-9-16/h3-13,21,28H,1-2H3/b22-20+. The largest absolute Gasteiger partial charge is 0.507 e. The van der Waals surface area contributed by atoms with Crippen LogP contribution >= 0.6 is 0 Å². The van der Waals surface area contributed by atoms with Gasteiger partial charge < -0.3 is 5.11 Å². The highest BCUT2D eigenvalue weighted by Gasteiger charge is 2.48. The average Bonchev–Trinajstić information content (AvgIpc) is 3.01. The van der Waals surface area contributed by atoms with Crippen molar-refractivity contribution < 1.29 is 19.1 Å². The van der Waals surface area contributed by atoms with Crippen molar-refractivity contribution in [2.24, 2.45) is 0 Å². The predicted molar refractivity (Wildman–Crippen MR) is 111 cm³/mol. The molecule has 1 atom stereocenters. The van der Waals surface area contributed by atoms with Gasteiger partial charge in [0, 0.05) is 17.4 Å². The molecular weight excluding hydrogens is 383 g/mol. The molecule has 0 radical (unpaired) electrons. The molecule has 1 amide bonds. The summed E-state index contributed by atoms with van der Waals surface area (Å²) in [6, 6.07) is 15.0. The van der Waals surface area contributed by atoms with E-state index < -0.39 is 23.5 Å². The second kappa shape index (κ2) is 7.55. The molecule has 1 aromatic heterocycles. The summed E-state index contributed by atoms with van der Waals surface area (Å²) in [5, 5.41) is 10.9. The maximum Gasteiger partial charge on any atom is 0.300 e. The van der Waals surface area contributed by atoms with E-state index in [2.05, 4.69) is 4.98 Å². The molecule has 1 aliphatic rings. The lowest BCUT2D eigenvalue weighted by Gasteiger charge is -2.26. The number of halogens is 1. The fraction of sp³-hybridized carbons (Fsp3) is 0.125. The Morgan fingerprint density at radius 2 is 1.77 bits per heavy atom. The van der Waals surface area contributed by atoms with Crippen LogP contribution in [0, 0.1) is 19.7 Å². The van der Waals surface area contributed by atoms with Crippen molar-refractivity contribution in [3.8, 4) is 0 Å². The van der Waals surface area contributed by atoms with E-state index in [-0.39, 0.29) is 16.9 Å². The molecule has 6 heteroatoms. The number of hydrogen-bond donors (Lipinski definition) is 1. The normalized spacial score (nSPS) is 18.1. The second-order valence-corrected chi connectivity index (χ2v) is 7.22. The van der Waals surface area contributed by atoms with Gasteiger partial charge in [0.25, 0.3) is 11.7 Å². The summed E-state index contributed by atoms with van der Waals surface area (Å²) >= 11 is 0. The quantitative estimate of drug-likeness (QED) is 0.399. The Kier molecular flexibility index (Phi) is 4.91. The highest BCUT2D eigenvalue weighted by molar-refractivity contribution is 6.51. The number of anilines is 1. The molecule has 5 nitrogen and oxygen atoms in total. The third-order valence-corrected chi connectivity index (χ3v) is 5.15. The summed E-state index contributed by atoms with van der Waals surface area (Å²) in [4.78, 5) is 31.9. The first-order valence-electron chi connectivity index (χ1n) is 9.43. The number of benzene rings is 2. The monoisotopic (exact) mass is 402 g/mol. The Bertz CT molecular complexity index is 1170. The molecule has 1 fully saturated rings. The molecule has 0 saturated carbocycles. The number of hydrogen-bond acceptors (Lipinski definition) is 4. The summed E-state index contributed by atoms with van der Waals surface area (Å²) in [6.45, 7) is 3.75. The Hall–Kier alpha value is -3.80. The molecule has 0 spiro atoms. The molecule has 2 heterocycles. The molecule has 0 bridgehead atoms. The molecule has 150 valence electrons. The summed E-state index contributed by atoms with van der Waals surface area (Å²) in [5.41, 5.74) is 2.93. The van der Waals surface area contributed by atoms with Gasteiger partial charge in [-0.3, -0.25) is 19.5 Å². The van der Waals surface area contributed by atoms with Crippen LogP contribution < -0.4 is 4.90 Å². The lowest BCUT2D eigenvalue weighted by atomic mass is 9.98. The number of carbonyl (C=O) groups is 2. The number of aliphatic hydroxyl groups excluding tert-OH is 1. The first-order valence-corrected chi connectivity index (χ1v) is 9.43. The maximum atomic E-state index is 13.3. The molecule has 2 aromatic carbocycles. The number of amides is 1. The summed E-state index contributed by atoms with van der Waals surface area (Å²) in [6.07, 6.45) is 1.57. The van der Waals surface area contributed by atoms with Crippen molar-refractivity contribution in [3.63, 3.8) is 0 Å². The van der Waals surface area contributed by atoms with Crippen molar-refractivity contribution in [2.75, 3.05) is 4.90 Å². The van der Waals surface area contributed by atoms with Crippen molar-refractivity contribution in [3.05, 3.63) is 101 Å². The molecule has 1 N–H and O–H groups in total. The summed E-state index contributed by atoms with van der Waals surface area (Å²) in [7, 11) is 0. The SMILES string of the molecule is Cc1ccc(C)c(N2C(=O)C(=O)/C(=C(/O)c3ccc(F)cc3)C2c2ccccn2)c1. The lowest BCUT2D eigenvalue weighted by molar-refractivity contribution is -0.132. The van der Waals surface area contributed by atoms with Gasteiger partial charge >= 0.3 is 0 Å². The van der Waals surface area contributed by atoms with Crippen molar-refractivity contribution in [1.82, 2.24) is 4.98 Å². The highest BCUT2D eigenvalue weighted by Crippen LogP contribution is 2.42. The average molecular weight is 402 g/mol. The first-order chi connectivity index (χ1) is 14.4. The third kappa shape index (κ3) is 3.26. The summed E-state index contributed by atoms with van der Waals surface area (Å²) in [5.74, 6) is -2.39. The van der Waals surface area contributed by atoms with Crippen LogP contribution in [-0.4, -0.2) is 21.8 Å². The van der Waals surface area contributed by atoms with Crippen molar-refractivity contribution in [1.29, 1.82) is 0 Å². The van der Waals surface area contributed by atoms with Gasteiger partial charge in [0.1, 0.15) is 17.6 Å². The van der Waals surface area contributed by atoms with Crippen molar-refractivity contribution >= 4 is 23.1 Å². The molecule has 1 saturated heterocycles. The molecule has 1 aliphatic heterocycles. The molecule has 1 unspecified atom stereocenters. The Labute approximate surface area is 173 Å². The van der Waals surface area contributed by atoms with Gasteiger partial charge in [0.2, 0.25) is 0 Å². The minimum Gasteiger partial charge on any atom is -0.507 e.